The summed E-state index contributed by atoms with van der Waals surface area (Å²) in [5, 5.41) is 6.52. The second-order valence-corrected chi connectivity index (χ2v) is 6.34. The molecule has 0 aromatic heterocycles. The van der Waals surface area contributed by atoms with Gasteiger partial charge in [0.25, 0.3) is 5.91 Å². The van der Waals surface area contributed by atoms with Gasteiger partial charge in [-0.3, -0.25) is 4.79 Å². The van der Waals surface area contributed by atoms with Gasteiger partial charge in [0, 0.05) is 29.9 Å². The van der Waals surface area contributed by atoms with Gasteiger partial charge in [-0.05, 0) is 57.5 Å². The molecule has 1 heterocycles. The van der Waals surface area contributed by atoms with Crippen LogP contribution in [-0.2, 0) is 0 Å². The van der Waals surface area contributed by atoms with Gasteiger partial charge in [0.2, 0.25) is 0 Å². The van der Waals surface area contributed by atoms with Crippen LogP contribution < -0.4 is 10.6 Å². The van der Waals surface area contributed by atoms with Gasteiger partial charge in [-0.15, -0.1) is 0 Å². The van der Waals surface area contributed by atoms with Crippen LogP contribution in [-0.4, -0.2) is 43.0 Å². The molecule has 1 saturated carbocycles. The Morgan fingerprint density at radius 2 is 2.14 bits per heavy atom. The van der Waals surface area contributed by atoms with E-state index in [9.17, 15) is 4.79 Å². The van der Waals surface area contributed by atoms with E-state index in [1.807, 2.05) is 24.3 Å². The lowest BCUT2D eigenvalue weighted by atomic mass is 10.0. The van der Waals surface area contributed by atoms with Gasteiger partial charge in [0.1, 0.15) is 0 Å². The Kier molecular flexibility index (Phi) is 4.44. The van der Waals surface area contributed by atoms with Gasteiger partial charge >= 0.3 is 0 Å². The third-order valence-electron chi connectivity index (χ3n) is 4.50. The summed E-state index contributed by atoms with van der Waals surface area (Å²) >= 11 is 0. The van der Waals surface area contributed by atoms with E-state index in [0.29, 0.717) is 12.1 Å². The summed E-state index contributed by atoms with van der Waals surface area (Å²) in [5.41, 5.74) is 1.79. The van der Waals surface area contributed by atoms with Crippen molar-refractivity contribution in [3.05, 3.63) is 29.8 Å². The van der Waals surface area contributed by atoms with Gasteiger partial charge < -0.3 is 15.5 Å². The Labute approximate surface area is 126 Å². The topological polar surface area (TPSA) is 44.4 Å². The maximum atomic E-state index is 12.1. The van der Waals surface area contributed by atoms with Crippen LogP contribution in [0.1, 0.15) is 42.5 Å². The first-order valence-corrected chi connectivity index (χ1v) is 8.07. The van der Waals surface area contributed by atoms with Crippen molar-refractivity contribution in [2.75, 3.05) is 25.5 Å². The zero-order valence-corrected chi connectivity index (χ0v) is 12.8. The normalized spacial score (nSPS) is 22.8. The second-order valence-electron chi connectivity index (χ2n) is 6.34. The number of benzene rings is 1. The number of hydrogen-bond acceptors (Lipinski definition) is 3. The van der Waals surface area contributed by atoms with E-state index in [4.69, 9.17) is 0 Å². The molecule has 1 aromatic rings. The highest BCUT2D eigenvalue weighted by Crippen LogP contribution is 2.20. The minimum atomic E-state index is 0.0518. The van der Waals surface area contributed by atoms with Crippen LogP contribution >= 0.6 is 0 Å². The first-order chi connectivity index (χ1) is 10.2. The third-order valence-corrected chi connectivity index (χ3v) is 4.50. The van der Waals surface area contributed by atoms with Gasteiger partial charge in [0.15, 0.2) is 0 Å². The molecule has 1 atom stereocenters. The smallest absolute Gasteiger partial charge is 0.251 e. The van der Waals surface area contributed by atoms with Gasteiger partial charge in [-0.1, -0.05) is 12.5 Å². The molecule has 1 unspecified atom stereocenters. The van der Waals surface area contributed by atoms with E-state index in [2.05, 4.69) is 22.6 Å². The molecule has 114 valence electrons. The number of amides is 1. The van der Waals surface area contributed by atoms with Crippen molar-refractivity contribution in [1.29, 1.82) is 0 Å². The van der Waals surface area contributed by atoms with Crippen LogP contribution in [0.15, 0.2) is 24.3 Å². The highest BCUT2D eigenvalue weighted by molar-refractivity contribution is 5.95. The molecule has 3 rings (SSSR count). The maximum Gasteiger partial charge on any atom is 0.251 e. The van der Waals surface area contributed by atoms with E-state index in [0.717, 1.165) is 30.6 Å². The molecule has 2 fully saturated rings. The van der Waals surface area contributed by atoms with Crippen molar-refractivity contribution in [1.82, 2.24) is 10.2 Å². The Bertz CT molecular complexity index is 499. The molecular weight excluding hydrogens is 262 g/mol. The van der Waals surface area contributed by atoms with Crippen molar-refractivity contribution in [2.24, 2.45) is 0 Å². The van der Waals surface area contributed by atoms with E-state index in [1.54, 1.807) is 0 Å². The molecule has 1 saturated heterocycles. The fourth-order valence-corrected chi connectivity index (χ4v) is 2.90. The first-order valence-electron chi connectivity index (χ1n) is 8.07. The van der Waals surface area contributed by atoms with Gasteiger partial charge in [0.05, 0.1) is 0 Å². The van der Waals surface area contributed by atoms with Gasteiger partial charge in [-0.25, -0.2) is 0 Å². The Balaban J connectivity index is 1.56. The molecule has 0 spiro atoms. The summed E-state index contributed by atoms with van der Waals surface area (Å²) in [6.07, 6.45) is 6.13. The zero-order valence-electron chi connectivity index (χ0n) is 12.8. The molecule has 2 aliphatic rings. The average molecular weight is 287 g/mol. The number of likely N-dealkylation sites (tertiary alicyclic amines) is 1. The van der Waals surface area contributed by atoms with E-state index in [1.165, 1.54) is 25.8 Å². The van der Waals surface area contributed by atoms with Gasteiger partial charge in [-0.2, -0.15) is 0 Å². The number of rotatable bonds is 5. The number of nitrogens with one attached hydrogen (secondary N) is 2. The fourth-order valence-electron chi connectivity index (χ4n) is 2.90. The van der Waals surface area contributed by atoms with Crippen LogP contribution in [0.2, 0.25) is 0 Å². The molecule has 1 amide bonds. The molecule has 1 aliphatic heterocycles. The first kappa shape index (κ1) is 14.4. The molecule has 21 heavy (non-hydrogen) atoms. The molecule has 4 nitrogen and oxygen atoms in total. The van der Waals surface area contributed by atoms with Crippen LogP contribution in [0.4, 0.5) is 5.69 Å². The Hall–Kier alpha value is -1.55. The summed E-state index contributed by atoms with van der Waals surface area (Å²) in [7, 11) is 2.20. The molecule has 4 heteroatoms. The highest BCUT2D eigenvalue weighted by atomic mass is 16.1. The van der Waals surface area contributed by atoms with E-state index < -0.39 is 0 Å². The molecule has 1 aromatic carbocycles. The van der Waals surface area contributed by atoms with E-state index >= 15 is 0 Å². The number of carbonyl (C=O) groups is 1. The number of nitrogens with zero attached hydrogens (tertiary/aromatic N) is 1. The Morgan fingerprint density at radius 3 is 2.90 bits per heavy atom. The number of likely N-dealkylation sites (N-methyl/N-ethyl adjacent to an activating group) is 1. The molecule has 1 aliphatic carbocycles. The van der Waals surface area contributed by atoms with Crippen LogP contribution in [0.3, 0.4) is 0 Å². The van der Waals surface area contributed by atoms with Crippen LogP contribution in [0.5, 0.6) is 0 Å². The zero-order chi connectivity index (χ0) is 14.7. The quantitative estimate of drug-likeness (QED) is 0.874. The third kappa shape index (κ3) is 3.97. The molecule has 2 N–H and O–H groups in total. The molecule has 0 bridgehead atoms. The average Bonchev–Trinajstić information content (AvgIpc) is 3.31. The van der Waals surface area contributed by atoms with Crippen molar-refractivity contribution < 1.29 is 4.79 Å². The van der Waals surface area contributed by atoms with Crippen LogP contribution in [0.25, 0.3) is 0 Å². The lowest BCUT2D eigenvalue weighted by molar-refractivity contribution is 0.0951. The predicted octanol–water partition coefficient (Wildman–Crippen LogP) is 2.48. The SMILES string of the molecule is CN1CCCCC1CNc1cccc(C(=O)NC2CC2)c1. The number of hydrogen-bond donors (Lipinski definition) is 2. The number of piperidine rings is 1. The molecule has 0 radical (unpaired) electrons. The summed E-state index contributed by atoms with van der Waals surface area (Å²) in [4.78, 5) is 14.5. The largest absolute Gasteiger partial charge is 0.383 e. The summed E-state index contributed by atoms with van der Waals surface area (Å²) in [5.74, 6) is 0.0518. The fraction of sp³-hybridized carbons (Fsp3) is 0.588. The number of carbonyl (C=O) groups excluding carboxylic acids is 1. The highest BCUT2D eigenvalue weighted by Gasteiger charge is 2.24. The lowest BCUT2D eigenvalue weighted by Gasteiger charge is -2.32. The minimum Gasteiger partial charge on any atom is -0.383 e. The predicted molar refractivity (Wildman–Crippen MR) is 85.7 cm³/mol. The van der Waals surface area contributed by atoms with Crippen LogP contribution in [0, 0.1) is 0 Å². The van der Waals surface area contributed by atoms with Crippen molar-refractivity contribution in [3.63, 3.8) is 0 Å². The Morgan fingerprint density at radius 1 is 1.29 bits per heavy atom. The summed E-state index contributed by atoms with van der Waals surface area (Å²) in [6.45, 7) is 2.14. The van der Waals surface area contributed by atoms with Crippen molar-refractivity contribution >= 4 is 11.6 Å². The lowest BCUT2D eigenvalue weighted by Crippen LogP contribution is -2.40. The van der Waals surface area contributed by atoms with Crippen molar-refractivity contribution in [3.8, 4) is 0 Å². The maximum absolute atomic E-state index is 12.1. The molecular formula is C17H25N3O. The summed E-state index contributed by atoms with van der Waals surface area (Å²) < 4.78 is 0. The monoisotopic (exact) mass is 287 g/mol. The minimum absolute atomic E-state index is 0.0518. The summed E-state index contributed by atoms with van der Waals surface area (Å²) in [6, 6.07) is 8.84. The standard InChI is InChI=1S/C17H25N3O/c1-20-10-3-2-7-16(20)12-18-15-6-4-5-13(11-15)17(21)19-14-8-9-14/h4-6,11,14,16,18H,2-3,7-10,12H2,1H3,(H,19,21). The van der Waals surface area contributed by atoms with Crippen molar-refractivity contribution in [2.45, 2.75) is 44.2 Å². The second kappa shape index (κ2) is 6.48. The van der Waals surface area contributed by atoms with E-state index in [-0.39, 0.29) is 5.91 Å². The number of anilines is 1.